The van der Waals surface area contributed by atoms with Crippen LogP contribution in [0.2, 0.25) is 0 Å². The summed E-state index contributed by atoms with van der Waals surface area (Å²) in [6, 6.07) is 23.6. The van der Waals surface area contributed by atoms with Gasteiger partial charge in [-0.2, -0.15) is 0 Å². The first-order valence-electron chi connectivity index (χ1n) is 14.2. The van der Waals surface area contributed by atoms with Gasteiger partial charge in [0, 0.05) is 18.8 Å². The Balaban J connectivity index is 1.48. The Hall–Kier alpha value is -3.73. The number of aryl methyl sites for hydroxylation is 1. The van der Waals surface area contributed by atoms with Crippen molar-refractivity contribution in [2.45, 2.75) is 71.4 Å². The number of benzene rings is 3. The van der Waals surface area contributed by atoms with Crippen LogP contribution in [0.5, 0.6) is 5.75 Å². The third-order valence-electron chi connectivity index (χ3n) is 8.04. The fourth-order valence-electron chi connectivity index (χ4n) is 5.24. The molecule has 5 nitrogen and oxygen atoms in total. The zero-order valence-corrected chi connectivity index (χ0v) is 23.6. The molecule has 1 saturated carbocycles. The van der Waals surface area contributed by atoms with E-state index in [1.54, 1.807) is 12.1 Å². The number of hydrogen-bond acceptors (Lipinski definition) is 4. The van der Waals surface area contributed by atoms with Crippen LogP contribution < -0.4 is 5.32 Å². The Bertz CT molecular complexity index is 1250. The second-order valence-electron chi connectivity index (χ2n) is 10.9. The van der Waals surface area contributed by atoms with Gasteiger partial charge < -0.3 is 20.1 Å². The number of nitrogens with one attached hydrogen (secondary N) is 1. The molecule has 3 aromatic carbocycles. The lowest BCUT2D eigenvalue weighted by atomic mass is 9.92. The quantitative estimate of drug-likeness (QED) is 0.246. The van der Waals surface area contributed by atoms with E-state index in [2.05, 4.69) is 50.0 Å². The summed E-state index contributed by atoms with van der Waals surface area (Å²) in [5.41, 5.74) is 4.87. The molecule has 2 N–H and O–H groups in total. The van der Waals surface area contributed by atoms with E-state index in [1.165, 1.54) is 18.4 Å². The Kier molecular flexibility index (Phi) is 9.34. The highest BCUT2D eigenvalue weighted by atomic mass is 16.6. The zero-order chi connectivity index (χ0) is 27.8. The molecule has 0 radical (unpaired) electrons. The summed E-state index contributed by atoms with van der Waals surface area (Å²) in [5.74, 6) is 0.688. The topological polar surface area (TPSA) is 61.8 Å². The monoisotopic (exact) mass is 526 g/mol. The van der Waals surface area contributed by atoms with E-state index in [-0.39, 0.29) is 11.8 Å². The van der Waals surface area contributed by atoms with Crippen LogP contribution in [0.1, 0.15) is 75.1 Å². The van der Waals surface area contributed by atoms with Gasteiger partial charge in [-0.15, -0.1) is 0 Å². The van der Waals surface area contributed by atoms with E-state index in [4.69, 9.17) is 4.74 Å². The average Bonchev–Trinajstić information content (AvgIpc) is 3.47. The molecule has 39 heavy (non-hydrogen) atoms. The van der Waals surface area contributed by atoms with E-state index in [0.29, 0.717) is 36.8 Å². The van der Waals surface area contributed by atoms with Crippen LogP contribution in [0, 0.1) is 5.92 Å². The van der Waals surface area contributed by atoms with Crippen molar-refractivity contribution in [3.8, 4) is 5.75 Å². The van der Waals surface area contributed by atoms with Crippen molar-refractivity contribution in [2.24, 2.45) is 5.92 Å². The lowest BCUT2D eigenvalue weighted by Gasteiger charge is -2.33. The third-order valence-corrected chi connectivity index (χ3v) is 8.04. The van der Waals surface area contributed by atoms with Crippen LogP contribution in [-0.4, -0.2) is 22.6 Å². The van der Waals surface area contributed by atoms with Gasteiger partial charge in [-0.05, 0) is 72.9 Å². The Labute approximate surface area is 233 Å². The number of anilines is 1. The molecule has 5 heteroatoms. The number of nitrogens with zero attached hydrogens (tertiary/aromatic N) is 1. The van der Waals surface area contributed by atoms with E-state index in [9.17, 15) is 9.90 Å². The molecule has 1 amide bonds. The van der Waals surface area contributed by atoms with Gasteiger partial charge in [-0.3, -0.25) is 0 Å². The molecule has 3 aromatic rings. The molecule has 0 saturated heterocycles. The van der Waals surface area contributed by atoms with Gasteiger partial charge in [-0.1, -0.05) is 93.9 Å². The van der Waals surface area contributed by atoms with Crippen LogP contribution in [0.4, 0.5) is 10.5 Å². The molecule has 0 aromatic heterocycles. The lowest BCUT2D eigenvalue weighted by Crippen LogP contribution is -2.40. The number of para-hydroxylation sites is 2. The lowest BCUT2D eigenvalue weighted by molar-refractivity contribution is -0.00761. The fraction of sp³-hybridized carbons (Fsp3) is 0.382. The molecule has 0 heterocycles. The predicted molar refractivity (Wildman–Crippen MR) is 160 cm³/mol. The van der Waals surface area contributed by atoms with Crippen molar-refractivity contribution >= 4 is 17.5 Å². The molecule has 206 valence electrons. The number of rotatable bonds is 11. The molecule has 0 unspecified atom stereocenters. The van der Waals surface area contributed by atoms with Crippen LogP contribution in [0.3, 0.4) is 0 Å². The maximum atomic E-state index is 13.7. The maximum absolute atomic E-state index is 13.7. The van der Waals surface area contributed by atoms with Gasteiger partial charge in [0.25, 0.3) is 0 Å². The average molecular weight is 527 g/mol. The van der Waals surface area contributed by atoms with Crippen molar-refractivity contribution in [3.63, 3.8) is 0 Å². The normalized spacial score (nSPS) is 14.9. The summed E-state index contributed by atoms with van der Waals surface area (Å²) >= 11 is 0. The minimum atomic E-state index is -0.687. The Morgan fingerprint density at radius 1 is 1.00 bits per heavy atom. The molecule has 0 spiro atoms. The van der Waals surface area contributed by atoms with Gasteiger partial charge in [0.2, 0.25) is 0 Å². The second-order valence-corrected chi connectivity index (χ2v) is 10.9. The maximum Gasteiger partial charge on any atom is 0.410 e. The van der Waals surface area contributed by atoms with Crippen LogP contribution in [-0.2, 0) is 23.3 Å². The predicted octanol–water partition coefficient (Wildman–Crippen LogP) is 8.49. The van der Waals surface area contributed by atoms with Gasteiger partial charge in [0.15, 0.2) is 0 Å². The van der Waals surface area contributed by atoms with Crippen LogP contribution >= 0.6 is 0 Å². The van der Waals surface area contributed by atoms with Crippen molar-refractivity contribution in [3.05, 3.63) is 102 Å². The SMILES string of the molecule is C=C(Nc1ccccc1O)c1ccc(CN(CC2CCCC2)C(=O)O[C@@](C)(CC)c2ccc(CC)cc2)cc1. The van der Waals surface area contributed by atoms with Gasteiger partial charge in [-0.25, -0.2) is 4.79 Å². The first-order chi connectivity index (χ1) is 18.8. The minimum Gasteiger partial charge on any atom is -0.506 e. The van der Waals surface area contributed by atoms with Gasteiger partial charge >= 0.3 is 6.09 Å². The highest BCUT2D eigenvalue weighted by Crippen LogP contribution is 2.32. The smallest absolute Gasteiger partial charge is 0.410 e. The summed E-state index contributed by atoms with van der Waals surface area (Å²) in [5, 5.41) is 13.2. The van der Waals surface area contributed by atoms with Crippen LogP contribution in [0.15, 0.2) is 79.4 Å². The van der Waals surface area contributed by atoms with Crippen molar-refractivity contribution in [2.75, 3.05) is 11.9 Å². The van der Waals surface area contributed by atoms with Crippen molar-refractivity contribution in [1.82, 2.24) is 4.90 Å². The van der Waals surface area contributed by atoms with Gasteiger partial charge in [0.1, 0.15) is 11.4 Å². The number of amides is 1. The molecule has 4 rings (SSSR count). The van der Waals surface area contributed by atoms with Crippen molar-refractivity contribution in [1.29, 1.82) is 0 Å². The standard InChI is InChI=1S/C34H42N2O3/c1-5-26-17-21-30(22-18-26)34(4,6-2)39-33(38)36(23-27-11-7-8-12-27)24-28-15-19-29(20-16-28)25(3)35-31-13-9-10-14-32(31)37/h9-10,13-22,27,35,37H,3,5-8,11-12,23-24H2,1-2,4H3/t34-/m0/s1. The summed E-state index contributed by atoms with van der Waals surface area (Å²) in [7, 11) is 0. The number of carbonyl (C=O) groups is 1. The van der Waals surface area contributed by atoms with E-state index in [1.807, 2.05) is 48.2 Å². The molecular weight excluding hydrogens is 484 g/mol. The second kappa shape index (κ2) is 12.9. The Morgan fingerprint density at radius 2 is 1.64 bits per heavy atom. The number of carbonyl (C=O) groups excluding carboxylic acids is 1. The summed E-state index contributed by atoms with van der Waals surface area (Å²) in [6.45, 7) is 11.5. The van der Waals surface area contributed by atoms with Crippen LogP contribution in [0.25, 0.3) is 5.70 Å². The fourth-order valence-corrected chi connectivity index (χ4v) is 5.24. The molecule has 0 bridgehead atoms. The first kappa shape index (κ1) is 28.3. The Morgan fingerprint density at radius 3 is 2.26 bits per heavy atom. The van der Waals surface area contributed by atoms with E-state index in [0.717, 1.165) is 36.0 Å². The molecule has 1 aliphatic carbocycles. The number of hydrogen-bond donors (Lipinski definition) is 2. The minimum absolute atomic E-state index is 0.178. The number of aromatic hydroxyl groups is 1. The summed E-state index contributed by atoms with van der Waals surface area (Å²) in [6.07, 6.45) is 6.18. The van der Waals surface area contributed by atoms with E-state index < -0.39 is 5.60 Å². The van der Waals surface area contributed by atoms with E-state index >= 15 is 0 Å². The number of phenols is 1. The molecular formula is C34H42N2O3. The van der Waals surface area contributed by atoms with Crippen molar-refractivity contribution < 1.29 is 14.6 Å². The highest BCUT2D eigenvalue weighted by molar-refractivity contribution is 5.77. The number of phenolic OH excluding ortho intramolecular Hbond substituents is 1. The molecule has 1 fully saturated rings. The summed E-state index contributed by atoms with van der Waals surface area (Å²) in [4.78, 5) is 15.6. The zero-order valence-electron chi connectivity index (χ0n) is 23.6. The molecule has 1 atom stereocenters. The first-order valence-corrected chi connectivity index (χ1v) is 14.2. The van der Waals surface area contributed by atoms with Gasteiger partial charge in [0.05, 0.1) is 5.69 Å². The molecule has 0 aliphatic heterocycles. The molecule has 1 aliphatic rings. The summed E-state index contributed by atoms with van der Waals surface area (Å²) < 4.78 is 6.27. The highest BCUT2D eigenvalue weighted by Gasteiger charge is 2.32. The number of ether oxygens (including phenoxy) is 1. The third kappa shape index (κ3) is 7.23. The largest absolute Gasteiger partial charge is 0.506 e.